The molecule has 0 N–H and O–H groups in total. The summed E-state index contributed by atoms with van der Waals surface area (Å²) in [4.78, 5) is 12.1. The largest absolute Gasteiger partial charge is 0.493 e. The van der Waals surface area contributed by atoms with Crippen LogP contribution in [0.25, 0.3) is 0 Å². The van der Waals surface area contributed by atoms with Crippen LogP contribution in [-0.2, 0) is 0 Å². The third kappa shape index (κ3) is 3.52. The number of carbonyl (C=O) groups is 1. The van der Waals surface area contributed by atoms with Crippen LogP contribution in [0.1, 0.15) is 47.5 Å². The molecular formula is C19H20O2. The van der Waals surface area contributed by atoms with E-state index >= 15 is 0 Å². The average Bonchev–Trinajstić information content (AvgIpc) is 2.47. The predicted octanol–water partition coefficient (Wildman–Crippen LogP) is 4.61. The Balaban J connectivity index is 1.50. The van der Waals surface area contributed by atoms with Gasteiger partial charge in [0.1, 0.15) is 5.75 Å². The van der Waals surface area contributed by atoms with Gasteiger partial charge in [-0.25, -0.2) is 0 Å². The molecule has 2 aromatic rings. The number of ketones is 1. The number of rotatable bonds is 6. The van der Waals surface area contributed by atoms with E-state index in [1.807, 2.05) is 42.5 Å². The third-order valence-electron chi connectivity index (χ3n) is 4.15. The van der Waals surface area contributed by atoms with Crippen molar-refractivity contribution in [3.63, 3.8) is 0 Å². The van der Waals surface area contributed by atoms with Gasteiger partial charge in [-0.3, -0.25) is 4.79 Å². The molecule has 21 heavy (non-hydrogen) atoms. The molecular weight excluding hydrogens is 260 g/mol. The Kier molecular flexibility index (Phi) is 4.34. The first-order chi connectivity index (χ1) is 10.3. The summed E-state index contributed by atoms with van der Waals surface area (Å²) in [5, 5.41) is 0. The molecule has 0 saturated heterocycles. The first kappa shape index (κ1) is 13.9. The van der Waals surface area contributed by atoms with Crippen LogP contribution < -0.4 is 4.74 Å². The molecule has 0 radical (unpaired) electrons. The molecule has 2 nitrogen and oxygen atoms in total. The zero-order valence-electron chi connectivity index (χ0n) is 12.1. The SMILES string of the molecule is O=C(CCOc1ccccc1)c1ccc(C2CCC2)cc1. The molecule has 0 bridgehead atoms. The van der Waals surface area contributed by atoms with Crippen LogP contribution in [0, 0.1) is 0 Å². The number of carbonyl (C=O) groups excluding carboxylic acids is 1. The Morgan fingerprint density at radius 2 is 1.71 bits per heavy atom. The monoisotopic (exact) mass is 280 g/mol. The van der Waals surface area contributed by atoms with Crippen molar-refractivity contribution in [3.05, 3.63) is 65.7 Å². The number of para-hydroxylation sites is 1. The van der Waals surface area contributed by atoms with E-state index in [0.717, 1.165) is 17.2 Å². The van der Waals surface area contributed by atoms with E-state index in [4.69, 9.17) is 4.74 Å². The Labute approximate surface area is 125 Å². The highest BCUT2D eigenvalue weighted by Gasteiger charge is 2.19. The number of benzene rings is 2. The summed E-state index contributed by atoms with van der Waals surface area (Å²) in [6.45, 7) is 0.424. The van der Waals surface area contributed by atoms with Crippen molar-refractivity contribution < 1.29 is 9.53 Å². The van der Waals surface area contributed by atoms with E-state index in [1.54, 1.807) is 0 Å². The van der Waals surface area contributed by atoms with Gasteiger partial charge in [0.05, 0.1) is 6.61 Å². The molecule has 0 amide bonds. The van der Waals surface area contributed by atoms with E-state index in [9.17, 15) is 4.79 Å². The van der Waals surface area contributed by atoms with Crippen LogP contribution in [0.5, 0.6) is 5.75 Å². The van der Waals surface area contributed by atoms with E-state index in [0.29, 0.717) is 13.0 Å². The highest BCUT2D eigenvalue weighted by Crippen LogP contribution is 2.36. The van der Waals surface area contributed by atoms with Gasteiger partial charge in [0.15, 0.2) is 5.78 Å². The van der Waals surface area contributed by atoms with Gasteiger partial charge in [0, 0.05) is 12.0 Å². The zero-order valence-corrected chi connectivity index (χ0v) is 12.1. The molecule has 2 heteroatoms. The highest BCUT2D eigenvalue weighted by molar-refractivity contribution is 5.96. The number of hydrogen-bond donors (Lipinski definition) is 0. The molecule has 2 aromatic carbocycles. The summed E-state index contributed by atoms with van der Waals surface area (Å²) in [5.41, 5.74) is 2.16. The van der Waals surface area contributed by atoms with Gasteiger partial charge in [0.25, 0.3) is 0 Å². The number of hydrogen-bond acceptors (Lipinski definition) is 2. The van der Waals surface area contributed by atoms with Crippen molar-refractivity contribution in [2.24, 2.45) is 0 Å². The molecule has 0 aliphatic heterocycles. The quantitative estimate of drug-likeness (QED) is 0.722. The summed E-state index contributed by atoms with van der Waals surface area (Å²) >= 11 is 0. The molecule has 3 rings (SSSR count). The summed E-state index contributed by atoms with van der Waals surface area (Å²) < 4.78 is 5.57. The lowest BCUT2D eigenvalue weighted by Crippen LogP contribution is -2.10. The van der Waals surface area contributed by atoms with Gasteiger partial charge in [-0.15, -0.1) is 0 Å². The van der Waals surface area contributed by atoms with Gasteiger partial charge < -0.3 is 4.74 Å². The first-order valence-electron chi connectivity index (χ1n) is 7.64. The Morgan fingerprint density at radius 1 is 1.00 bits per heavy atom. The number of Topliss-reactive ketones (excluding diaryl/α,β-unsaturated/α-hetero) is 1. The Hall–Kier alpha value is -2.09. The third-order valence-corrected chi connectivity index (χ3v) is 4.15. The maximum absolute atomic E-state index is 12.1. The fraction of sp³-hybridized carbons (Fsp3) is 0.316. The topological polar surface area (TPSA) is 26.3 Å². The maximum Gasteiger partial charge on any atom is 0.166 e. The second-order valence-corrected chi connectivity index (χ2v) is 5.58. The summed E-state index contributed by atoms with van der Waals surface area (Å²) in [7, 11) is 0. The summed E-state index contributed by atoms with van der Waals surface area (Å²) in [6.07, 6.45) is 4.33. The Morgan fingerprint density at radius 3 is 2.33 bits per heavy atom. The van der Waals surface area contributed by atoms with Crippen molar-refractivity contribution in [3.8, 4) is 5.75 Å². The highest BCUT2D eigenvalue weighted by atomic mass is 16.5. The molecule has 0 atom stereocenters. The minimum Gasteiger partial charge on any atom is -0.493 e. The molecule has 1 saturated carbocycles. The van der Waals surface area contributed by atoms with Crippen LogP contribution in [0.2, 0.25) is 0 Å². The van der Waals surface area contributed by atoms with Crippen molar-refractivity contribution in [2.45, 2.75) is 31.6 Å². The van der Waals surface area contributed by atoms with Crippen molar-refractivity contribution in [1.29, 1.82) is 0 Å². The number of ether oxygens (including phenoxy) is 1. The summed E-state index contributed by atoms with van der Waals surface area (Å²) in [5.74, 6) is 1.67. The lowest BCUT2D eigenvalue weighted by atomic mass is 9.80. The first-order valence-corrected chi connectivity index (χ1v) is 7.64. The standard InChI is InChI=1S/C19H20O2/c20-19(13-14-21-18-7-2-1-3-8-18)17-11-9-16(10-12-17)15-5-4-6-15/h1-3,7-12,15H,4-6,13-14H2. The maximum atomic E-state index is 12.1. The lowest BCUT2D eigenvalue weighted by Gasteiger charge is -2.25. The molecule has 108 valence electrons. The fourth-order valence-electron chi connectivity index (χ4n) is 2.61. The van der Waals surface area contributed by atoms with Crippen molar-refractivity contribution in [2.75, 3.05) is 6.61 Å². The lowest BCUT2D eigenvalue weighted by molar-refractivity contribution is 0.0962. The summed E-state index contributed by atoms with van der Waals surface area (Å²) in [6, 6.07) is 17.7. The second kappa shape index (κ2) is 6.57. The van der Waals surface area contributed by atoms with Crippen LogP contribution in [-0.4, -0.2) is 12.4 Å². The normalized spacial score (nSPS) is 14.5. The van der Waals surface area contributed by atoms with Crippen LogP contribution in [0.3, 0.4) is 0 Å². The van der Waals surface area contributed by atoms with Crippen molar-refractivity contribution >= 4 is 5.78 Å². The molecule has 1 fully saturated rings. The van der Waals surface area contributed by atoms with Gasteiger partial charge in [-0.05, 0) is 36.5 Å². The molecule has 0 aromatic heterocycles. The molecule has 0 unspecified atom stereocenters. The zero-order chi connectivity index (χ0) is 14.5. The van der Waals surface area contributed by atoms with E-state index < -0.39 is 0 Å². The second-order valence-electron chi connectivity index (χ2n) is 5.58. The average molecular weight is 280 g/mol. The molecule has 0 spiro atoms. The van der Waals surface area contributed by atoms with Crippen LogP contribution >= 0.6 is 0 Å². The van der Waals surface area contributed by atoms with Crippen LogP contribution in [0.15, 0.2) is 54.6 Å². The van der Waals surface area contributed by atoms with Crippen molar-refractivity contribution in [1.82, 2.24) is 0 Å². The Bertz CT molecular complexity index is 583. The fourth-order valence-corrected chi connectivity index (χ4v) is 2.61. The smallest absolute Gasteiger partial charge is 0.166 e. The van der Waals surface area contributed by atoms with Gasteiger partial charge in [0.2, 0.25) is 0 Å². The van der Waals surface area contributed by atoms with E-state index in [1.165, 1.54) is 24.8 Å². The minimum atomic E-state index is 0.145. The minimum absolute atomic E-state index is 0.145. The predicted molar refractivity (Wildman–Crippen MR) is 83.9 cm³/mol. The molecule has 1 aliphatic rings. The van der Waals surface area contributed by atoms with E-state index in [2.05, 4.69) is 12.1 Å². The van der Waals surface area contributed by atoms with Crippen LogP contribution in [0.4, 0.5) is 0 Å². The molecule has 1 aliphatic carbocycles. The molecule has 0 heterocycles. The van der Waals surface area contributed by atoms with Gasteiger partial charge in [-0.1, -0.05) is 48.9 Å². The van der Waals surface area contributed by atoms with Gasteiger partial charge in [-0.2, -0.15) is 0 Å². The van der Waals surface area contributed by atoms with E-state index in [-0.39, 0.29) is 5.78 Å². The van der Waals surface area contributed by atoms with Gasteiger partial charge >= 0.3 is 0 Å².